The maximum absolute atomic E-state index is 12.4. The van der Waals surface area contributed by atoms with Crippen molar-refractivity contribution in [1.82, 2.24) is 14.8 Å². The van der Waals surface area contributed by atoms with Crippen molar-refractivity contribution in [3.63, 3.8) is 0 Å². The van der Waals surface area contributed by atoms with Crippen LogP contribution in [0, 0.1) is 6.92 Å². The van der Waals surface area contributed by atoms with Crippen LogP contribution in [0.1, 0.15) is 22.8 Å². The molecule has 1 aromatic carbocycles. The number of nitrogens with one attached hydrogen (secondary N) is 1. The first-order chi connectivity index (χ1) is 14.5. The summed E-state index contributed by atoms with van der Waals surface area (Å²) in [4.78, 5) is 29.1. The average molecular weight is 433 g/mol. The van der Waals surface area contributed by atoms with Gasteiger partial charge in [-0.25, -0.2) is 14.6 Å². The smallest absolute Gasteiger partial charge is 0.412 e. The average Bonchev–Trinajstić information content (AvgIpc) is 3.15. The maximum Gasteiger partial charge on any atom is 0.412 e. The molecule has 0 atom stereocenters. The summed E-state index contributed by atoms with van der Waals surface area (Å²) in [5, 5.41) is 7.69. The predicted molar refractivity (Wildman–Crippen MR) is 112 cm³/mol. The van der Waals surface area contributed by atoms with E-state index in [2.05, 4.69) is 15.4 Å². The first kappa shape index (κ1) is 21.4. The highest BCUT2D eigenvalue weighted by atomic mass is 35.5. The Morgan fingerprint density at radius 1 is 1.27 bits per heavy atom. The van der Waals surface area contributed by atoms with Gasteiger partial charge in [-0.2, -0.15) is 9.78 Å². The van der Waals surface area contributed by atoms with Gasteiger partial charge >= 0.3 is 12.1 Å². The Labute approximate surface area is 177 Å². The molecule has 0 aliphatic rings. The fourth-order valence-corrected chi connectivity index (χ4v) is 2.99. The van der Waals surface area contributed by atoms with Gasteiger partial charge in [0.25, 0.3) is 0 Å². The molecule has 3 aromatic rings. The van der Waals surface area contributed by atoms with Gasteiger partial charge in [0.15, 0.2) is 11.6 Å². The number of aromatic nitrogens is 3. The quantitative estimate of drug-likeness (QED) is 0.448. The van der Waals surface area contributed by atoms with Crippen LogP contribution in [0.25, 0.3) is 16.7 Å². The molecule has 2 heterocycles. The van der Waals surface area contributed by atoms with Crippen molar-refractivity contribution in [3.05, 3.63) is 41.6 Å². The molecule has 0 unspecified atom stereocenters. The molecule has 0 radical (unpaired) electrons. The second-order valence-corrected chi connectivity index (χ2v) is 6.52. The number of alkyl halides is 1. The molecule has 10 heteroatoms. The third-order valence-corrected chi connectivity index (χ3v) is 4.38. The van der Waals surface area contributed by atoms with E-state index in [4.69, 9.17) is 25.8 Å². The SMILES string of the molecule is CCOC(=O)c1cnn(-c2cc(C)c3cccc(OC)c3n2)c1NC(=O)OCCCl. The number of anilines is 1. The zero-order chi connectivity index (χ0) is 21.7. The third-order valence-electron chi connectivity index (χ3n) is 4.23. The number of pyridine rings is 1. The summed E-state index contributed by atoms with van der Waals surface area (Å²) in [6.07, 6.45) is 0.525. The number of ether oxygens (including phenoxy) is 3. The van der Waals surface area contributed by atoms with Gasteiger partial charge in [0.2, 0.25) is 0 Å². The Morgan fingerprint density at radius 2 is 2.07 bits per heavy atom. The van der Waals surface area contributed by atoms with E-state index in [-0.39, 0.29) is 30.5 Å². The minimum Gasteiger partial charge on any atom is -0.494 e. The normalized spacial score (nSPS) is 10.7. The van der Waals surface area contributed by atoms with E-state index in [1.54, 1.807) is 26.2 Å². The van der Waals surface area contributed by atoms with Crippen molar-refractivity contribution >= 4 is 40.4 Å². The zero-order valence-electron chi connectivity index (χ0n) is 16.8. The molecule has 2 aromatic heterocycles. The summed E-state index contributed by atoms with van der Waals surface area (Å²) in [7, 11) is 1.56. The van der Waals surface area contributed by atoms with Crippen LogP contribution < -0.4 is 10.1 Å². The van der Waals surface area contributed by atoms with Crippen molar-refractivity contribution in [2.45, 2.75) is 13.8 Å². The van der Waals surface area contributed by atoms with Crippen LogP contribution in [0.3, 0.4) is 0 Å². The largest absolute Gasteiger partial charge is 0.494 e. The van der Waals surface area contributed by atoms with Crippen molar-refractivity contribution in [1.29, 1.82) is 0 Å². The van der Waals surface area contributed by atoms with E-state index in [1.807, 2.05) is 19.1 Å². The van der Waals surface area contributed by atoms with E-state index in [9.17, 15) is 9.59 Å². The van der Waals surface area contributed by atoms with E-state index < -0.39 is 12.1 Å². The Hall–Kier alpha value is -3.33. The number of benzene rings is 1. The van der Waals surface area contributed by atoms with Crippen LogP contribution in [-0.4, -0.2) is 53.0 Å². The van der Waals surface area contributed by atoms with Gasteiger partial charge in [0.1, 0.15) is 23.4 Å². The summed E-state index contributed by atoms with van der Waals surface area (Å²) < 4.78 is 16.8. The fraction of sp³-hybridized carbons (Fsp3) is 0.300. The van der Waals surface area contributed by atoms with Crippen molar-refractivity contribution < 1.29 is 23.8 Å². The summed E-state index contributed by atoms with van der Waals surface area (Å²) in [5.74, 6) is 0.558. The molecule has 1 N–H and O–H groups in total. The predicted octanol–water partition coefficient (Wildman–Crippen LogP) is 3.70. The number of amides is 1. The number of rotatable bonds is 7. The van der Waals surface area contributed by atoms with Crippen molar-refractivity contribution in [3.8, 4) is 11.6 Å². The molecular formula is C20H21ClN4O5. The Morgan fingerprint density at radius 3 is 2.77 bits per heavy atom. The van der Waals surface area contributed by atoms with E-state index in [1.165, 1.54) is 10.9 Å². The monoisotopic (exact) mass is 432 g/mol. The number of halogens is 1. The minimum absolute atomic E-state index is 0.0147. The molecule has 1 amide bonds. The maximum atomic E-state index is 12.4. The van der Waals surface area contributed by atoms with Gasteiger partial charge in [-0.3, -0.25) is 5.32 Å². The fourth-order valence-electron chi connectivity index (χ4n) is 2.91. The Bertz CT molecular complexity index is 1080. The molecular weight excluding hydrogens is 412 g/mol. The van der Waals surface area contributed by atoms with Crippen LogP contribution >= 0.6 is 11.6 Å². The molecule has 0 saturated carbocycles. The van der Waals surface area contributed by atoms with Crippen LogP contribution in [-0.2, 0) is 9.47 Å². The molecule has 0 fully saturated rings. The molecule has 3 rings (SSSR count). The first-order valence-corrected chi connectivity index (χ1v) is 9.73. The van der Waals surface area contributed by atoms with Crippen LogP contribution in [0.4, 0.5) is 10.6 Å². The van der Waals surface area contributed by atoms with Crippen molar-refractivity contribution in [2.24, 2.45) is 0 Å². The summed E-state index contributed by atoms with van der Waals surface area (Å²) in [6, 6.07) is 7.40. The standard InChI is InChI=1S/C20H21ClN4O5/c1-4-29-19(26)14-11-22-25(18(14)24-20(27)30-9-8-21)16-10-12(2)13-6-5-7-15(28-3)17(13)23-16/h5-7,10-11H,4,8-9H2,1-3H3,(H,24,27). The van der Waals surface area contributed by atoms with Gasteiger partial charge in [0, 0.05) is 5.39 Å². The van der Waals surface area contributed by atoms with E-state index >= 15 is 0 Å². The Balaban J connectivity index is 2.13. The number of aryl methyl sites for hydroxylation is 1. The molecule has 158 valence electrons. The third kappa shape index (κ3) is 4.30. The number of fused-ring (bicyclic) bond motifs is 1. The second-order valence-electron chi connectivity index (χ2n) is 6.14. The lowest BCUT2D eigenvalue weighted by Gasteiger charge is -2.13. The topological polar surface area (TPSA) is 105 Å². The highest BCUT2D eigenvalue weighted by molar-refractivity contribution is 6.18. The van der Waals surface area contributed by atoms with Gasteiger partial charge in [0.05, 0.1) is 25.8 Å². The van der Waals surface area contributed by atoms with Crippen LogP contribution in [0.5, 0.6) is 5.75 Å². The highest BCUT2D eigenvalue weighted by Crippen LogP contribution is 2.29. The highest BCUT2D eigenvalue weighted by Gasteiger charge is 2.23. The number of carbonyl (C=O) groups is 2. The van der Waals surface area contributed by atoms with E-state index in [0.29, 0.717) is 17.1 Å². The summed E-state index contributed by atoms with van der Waals surface area (Å²) in [6.45, 7) is 3.79. The molecule has 0 saturated heterocycles. The molecule has 0 bridgehead atoms. The number of para-hydroxylation sites is 1. The zero-order valence-corrected chi connectivity index (χ0v) is 17.5. The number of hydrogen-bond donors (Lipinski definition) is 1. The lowest BCUT2D eigenvalue weighted by molar-refractivity contribution is 0.0527. The van der Waals surface area contributed by atoms with Gasteiger partial charge in [-0.1, -0.05) is 12.1 Å². The van der Waals surface area contributed by atoms with Crippen molar-refractivity contribution in [2.75, 3.05) is 31.5 Å². The summed E-state index contributed by atoms with van der Waals surface area (Å²) in [5.41, 5.74) is 1.61. The molecule has 0 aliphatic carbocycles. The lowest BCUT2D eigenvalue weighted by Crippen LogP contribution is -2.20. The number of esters is 1. The van der Waals surface area contributed by atoms with Gasteiger partial charge < -0.3 is 14.2 Å². The second kappa shape index (κ2) is 9.45. The number of methoxy groups -OCH3 is 1. The molecule has 0 aliphatic heterocycles. The van der Waals surface area contributed by atoms with Crippen LogP contribution in [0.2, 0.25) is 0 Å². The van der Waals surface area contributed by atoms with Gasteiger partial charge in [-0.15, -0.1) is 11.6 Å². The minimum atomic E-state index is -0.780. The van der Waals surface area contributed by atoms with E-state index in [0.717, 1.165) is 10.9 Å². The van der Waals surface area contributed by atoms with Gasteiger partial charge in [-0.05, 0) is 31.5 Å². The number of hydrogen-bond acceptors (Lipinski definition) is 7. The Kier molecular flexibility index (Phi) is 6.73. The summed E-state index contributed by atoms with van der Waals surface area (Å²) >= 11 is 5.56. The number of carbonyl (C=O) groups excluding carboxylic acids is 2. The molecule has 9 nitrogen and oxygen atoms in total. The lowest BCUT2D eigenvalue weighted by atomic mass is 10.1. The first-order valence-electron chi connectivity index (χ1n) is 9.19. The molecule has 0 spiro atoms. The molecule has 30 heavy (non-hydrogen) atoms. The number of nitrogens with zero attached hydrogens (tertiary/aromatic N) is 3. The van der Waals surface area contributed by atoms with Crippen LogP contribution in [0.15, 0.2) is 30.5 Å².